The third-order valence-corrected chi connectivity index (χ3v) is 8.41. The first-order valence-electron chi connectivity index (χ1n) is 14.3. The number of benzene rings is 1. The smallest absolute Gasteiger partial charge is 0.416 e. The van der Waals surface area contributed by atoms with E-state index in [4.69, 9.17) is 9.84 Å². The lowest BCUT2D eigenvalue weighted by Gasteiger charge is -2.33. The predicted molar refractivity (Wildman–Crippen MR) is 154 cm³/mol. The summed E-state index contributed by atoms with van der Waals surface area (Å²) in [7, 11) is 1.72. The number of rotatable bonds is 15. The lowest BCUT2D eigenvalue weighted by Crippen LogP contribution is -2.42. The molecule has 0 spiro atoms. The molecule has 0 radical (unpaired) electrons. The summed E-state index contributed by atoms with van der Waals surface area (Å²) in [6.07, 6.45) is -5.78. The molecule has 1 unspecified atom stereocenters. The Bertz CT molecular complexity index is 1310. The van der Waals surface area contributed by atoms with Gasteiger partial charge in [-0.15, -0.1) is 11.3 Å². The number of nitrogens with one attached hydrogen (secondary N) is 1. The van der Waals surface area contributed by atoms with Crippen molar-refractivity contribution in [2.24, 2.45) is 11.8 Å². The Labute approximate surface area is 257 Å². The van der Waals surface area contributed by atoms with Crippen LogP contribution in [-0.4, -0.2) is 64.0 Å². The monoisotopic (exact) mass is 643 g/mol. The molecule has 1 aromatic heterocycles. The van der Waals surface area contributed by atoms with Crippen LogP contribution in [0.1, 0.15) is 85.6 Å². The molecule has 1 heterocycles. The molecule has 1 aromatic carbocycles. The minimum absolute atomic E-state index is 0.00130. The Balaban J connectivity index is 1.77. The van der Waals surface area contributed by atoms with Gasteiger partial charge in [-0.3, -0.25) is 14.4 Å². The Kier molecular flexibility index (Phi) is 11.9. The standard InChI is InChI=1S/C30H37F4N3O6S/c1-16(2)24(37(4)26(39)12-19-5-6-19)14-25(43-17(3)38)28-36-23(15-44-28)27(40)35-21(13-22(31)29(41)42)11-18-7-9-20(10-8-18)30(32,33)34/h7-10,15-16,19,21-22,24-25H,5-6,11-14H2,1-4H3,(H,35,40)(H,41,42)/t21-,22-,24?,25+/m0/s1. The summed E-state index contributed by atoms with van der Waals surface area (Å²) in [5.74, 6) is -2.67. The lowest BCUT2D eigenvalue weighted by atomic mass is 9.96. The van der Waals surface area contributed by atoms with Gasteiger partial charge >= 0.3 is 18.1 Å². The molecule has 0 saturated heterocycles. The van der Waals surface area contributed by atoms with Crippen LogP contribution in [0, 0.1) is 11.8 Å². The van der Waals surface area contributed by atoms with Gasteiger partial charge in [0, 0.05) is 50.7 Å². The van der Waals surface area contributed by atoms with Crippen molar-refractivity contribution in [2.45, 2.75) is 89.8 Å². The second-order valence-electron chi connectivity index (χ2n) is 11.5. The van der Waals surface area contributed by atoms with Gasteiger partial charge in [0.2, 0.25) is 5.91 Å². The minimum Gasteiger partial charge on any atom is -0.479 e. The van der Waals surface area contributed by atoms with E-state index in [0.29, 0.717) is 22.9 Å². The van der Waals surface area contributed by atoms with Gasteiger partial charge in [-0.05, 0) is 48.8 Å². The summed E-state index contributed by atoms with van der Waals surface area (Å²) < 4.78 is 58.5. The van der Waals surface area contributed by atoms with Gasteiger partial charge in [0.15, 0.2) is 12.3 Å². The van der Waals surface area contributed by atoms with Crippen LogP contribution in [0.2, 0.25) is 0 Å². The molecule has 14 heteroatoms. The van der Waals surface area contributed by atoms with Gasteiger partial charge in [0.1, 0.15) is 10.7 Å². The van der Waals surface area contributed by atoms with E-state index in [0.717, 1.165) is 36.3 Å². The number of nitrogens with zero attached hydrogens (tertiary/aromatic N) is 2. The SMILES string of the molecule is CC(=O)O[C@H](CC(C(C)C)N(C)C(=O)CC1CC1)c1nc(C(=O)N[C@@H](Cc2ccc(C(F)(F)F)cc2)C[C@H](F)C(=O)O)cs1. The van der Waals surface area contributed by atoms with E-state index in [9.17, 15) is 36.7 Å². The normalized spacial score (nSPS) is 16.1. The van der Waals surface area contributed by atoms with E-state index < -0.39 is 54.3 Å². The molecule has 1 aliphatic rings. The van der Waals surface area contributed by atoms with Crippen molar-refractivity contribution >= 4 is 35.1 Å². The quantitative estimate of drug-likeness (QED) is 0.191. The molecule has 1 aliphatic carbocycles. The third-order valence-electron chi connectivity index (χ3n) is 7.47. The minimum atomic E-state index is -4.55. The highest BCUT2D eigenvalue weighted by Gasteiger charge is 2.34. The summed E-state index contributed by atoms with van der Waals surface area (Å²) in [6.45, 7) is 5.13. The van der Waals surface area contributed by atoms with Crippen LogP contribution < -0.4 is 5.32 Å². The van der Waals surface area contributed by atoms with Crippen molar-refractivity contribution in [1.29, 1.82) is 0 Å². The molecule has 4 atom stereocenters. The first-order valence-corrected chi connectivity index (χ1v) is 15.1. The fourth-order valence-corrected chi connectivity index (χ4v) is 5.69. The van der Waals surface area contributed by atoms with Crippen LogP contribution in [0.15, 0.2) is 29.6 Å². The molecule has 0 aliphatic heterocycles. The van der Waals surface area contributed by atoms with E-state index in [1.807, 2.05) is 13.8 Å². The number of aromatic nitrogens is 1. The summed E-state index contributed by atoms with van der Waals surface area (Å²) in [5.41, 5.74) is -0.648. The molecule has 44 heavy (non-hydrogen) atoms. The van der Waals surface area contributed by atoms with Crippen LogP contribution in [0.3, 0.4) is 0 Å². The fraction of sp³-hybridized carbons (Fsp3) is 0.567. The first kappa shape index (κ1) is 34.9. The van der Waals surface area contributed by atoms with Gasteiger partial charge < -0.3 is 20.1 Å². The number of hydrogen-bond donors (Lipinski definition) is 2. The topological polar surface area (TPSA) is 126 Å². The van der Waals surface area contributed by atoms with Crippen LogP contribution in [0.25, 0.3) is 0 Å². The number of carbonyl (C=O) groups is 4. The predicted octanol–water partition coefficient (Wildman–Crippen LogP) is 5.59. The molecule has 1 saturated carbocycles. The van der Waals surface area contributed by atoms with Gasteiger partial charge in [-0.2, -0.15) is 13.2 Å². The molecule has 3 rings (SSSR count). The molecule has 2 aromatic rings. The summed E-state index contributed by atoms with van der Waals surface area (Å²) in [4.78, 5) is 55.1. The van der Waals surface area contributed by atoms with E-state index in [-0.39, 0.29) is 36.4 Å². The highest BCUT2D eigenvalue weighted by Crippen LogP contribution is 2.35. The van der Waals surface area contributed by atoms with Crippen LogP contribution in [0.5, 0.6) is 0 Å². The zero-order valence-electron chi connectivity index (χ0n) is 24.9. The number of amides is 2. The maximum Gasteiger partial charge on any atom is 0.416 e. The first-order chi connectivity index (χ1) is 20.5. The summed E-state index contributed by atoms with van der Waals surface area (Å²) in [5, 5.41) is 13.3. The average molecular weight is 644 g/mol. The van der Waals surface area contributed by atoms with E-state index >= 15 is 0 Å². The van der Waals surface area contributed by atoms with Crippen LogP contribution in [0.4, 0.5) is 17.6 Å². The molecule has 9 nitrogen and oxygen atoms in total. The number of esters is 1. The van der Waals surface area contributed by atoms with Crippen LogP contribution in [-0.2, 0) is 31.7 Å². The number of carbonyl (C=O) groups excluding carboxylic acids is 3. The fourth-order valence-electron chi connectivity index (χ4n) is 4.85. The van der Waals surface area contributed by atoms with Gasteiger partial charge in [-0.25, -0.2) is 14.2 Å². The number of alkyl halides is 4. The van der Waals surface area contributed by atoms with Crippen molar-refractivity contribution < 1.29 is 46.6 Å². The van der Waals surface area contributed by atoms with E-state index in [1.165, 1.54) is 24.4 Å². The molecular weight excluding hydrogens is 606 g/mol. The molecule has 2 amide bonds. The second kappa shape index (κ2) is 15.0. The Morgan fingerprint density at radius 1 is 1.14 bits per heavy atom. The zero-order chi connectivity index (χ0) is 32.8. The van der Waals surface area contributed by atoms with Gasteiger partial charge in [0.05, 0.1) is 5.56 Å². The van der Waals surface area contributed by atoms with Crippen molar-refractivity contribution in [3.63, 3.8) is 0 Å². The highest BCUT2D eigenvalue weighted by molar-refractivity contribution is 7.09. The molecule has 242 valence electrons. The highest BCUT2D eigenvalue weighted by atomic mass is 32.1. The van der Waals surface area contributed by atoms with Crippen molar-refractivity contribution in [1.82, 2.24) is 15.2 Å². The zero-order valence-corrected chi connectivity index (χ0v) is 25.7. The number of aliphatic carboxylic acids is 1. The van der Waals surface area contributed by atoms with Crippen molar-refractivity contribution in [3.05, 3.63) is 51.5 Å². The Morgan fingerprint density at radius 2 is 1.77 bits per heavy atom. The van der Waals surface area contributed by atoms with E-state index in [1.54, 1.807) is 11.9 Å². The largest absolute Gasteiger partial charge is 0.479 e. The van der Waals surface area contributed by atoms with Crippen LogP contribution >= 0.6 is 11.3 Å². The maximum atomic E-state index is 14.2. The molecule has 0 bridgehead atoms. The summed E-state index contributed by atoms with van der Waals surface area (Å²) in [6, 6.07) is 2.67. The average Bonchev–Trinajstić information content (AvgIpc) is 3.60. The summed E-state index contributed by atoms with van der Waals surface area (Å²) >= 11 is 1.05. The van der Waals surface area contributed by atoms with Gasteiger partial charge in [-0.1, -0.05) is 26.0 Å². The second-order valence-corrected chi connectivity index (χ2v) is 12.4. The van der Waals surface area contributed by atoms with Gasteiger partial charge in [0.25, 0.3) is 5.91 Å². The van der Waals surface area contributed by atoms with E-state index in [2.05, 4.69) is 10.3 Å². The Morgan fingerprint density at radius 3 is 2.30 bits per heavy atom. The molecule has 1 fully saturated rings. The Hall–Kier alpha value is -3.55. The maximum absolute atomic E-state index is 14.2. The lowest BCUT2D eigenvalue weighted by molar-refractivity contribution is -0.148. The number of ether oxygens (including phenoxy) is 1. The molecular formula is C30H37F4N3O6S. The third kappa shape index (κ3) is 10.3. The number of hydrogen-bond acceptors (Lipinski definition) is 7. The molecule has 2 N–H and O–H groups in total. The number of halogens is 4. The van der Waals surface area contributed by atoms with Crippen molar-refractivity contribution in [3.8, 4) is 0 Å². The van der Waals surface area contributed by atoms with Crippen molar-refractivity contribution in [2.75, 3.05) is 7.05 Å². The number of carboxylic acid groups (broad SMARTS) is 1. The number of thiazole rings is 1. The number of carboxylic acids is 1.